The standard InChI is InChI=1S/C14H12ClF2N/c1-18-14(9-2-4-11(15)5-3-9)10-6-12(16)8-13(17)7-10/h2-8,14,18H,1H3. The van der Waals surface area contributed by atoms with E-state index < -0.39 is 11.6 Å². The van der Waals surface area contributed by atoms with Gasteiger partial charge in [0.2, 0.25) is 0 Å². The fourth-order valence-corrected chi connectivity index (χ4v) is 2.05. The first kappa shape index (κ1) is 13.0. The molecule has 0 aliphatic carbocycles. The van der Waals surface area contributed by atoms with Gasteiger partial charge in [0.15, 0.2) is 0 Å². The minimum absolute atomic E-state index is 0.271. The van der Waals surface area contributed by atoms with Crippen LogP contribution in [0.3, 0.4) is 0 Å². The van der Waals surface area contributed by atoms with Crippen LogP contribution in [0.4, 0.5) is 8.78 Å². The van der Waals surface area contributed by atoms with E-state index in [0.717, 1.165) is 11.6 Å². The molecule has 0 aliphatic heterocycles. The van der Waals surface area contributed by atoms with Crippen LogP contribution in [0.15, 0.2) is 42.5 Å². The van der Waals surface area contributed by atoms with E-state index in [1.54, 1.807) is 19.2 Å². The molecule has 2 rings (SSSR count). The van der Waals surface area contributed by atoms with Gasteiger partial charge in [0.25, 0.3) is 0 Å². The Bertz CT molecular complexity index is 520. The molecule has 1 N–H and O–H groups in total. The summed E-state index contributed by atoms with van der Waals surface area (Å²) in [4.78, 5) is 0. The number of hydrogen-bond donors (Lipinski definition) is 1. The molecule has 0 fully saturated rings. The molecule has 0 saturated heterocycles. The zero-order valence-electron chi connectivity index (χ0n) is 9.75. The highest BCUT2D eigenvalue weighted by Gasteiger charge is 2.13. The van der Waals surface area contributed by atoms with E-state index in [9.17, 15) is 8.78 Å². The minimum Gasteiger partial charge on any atom is -0.309 e. The van der Waals surface area contributed by atoms with Gasteiger partial charge in [-0.05, 0) is 42.4 Å². The molecule has 2 aromatic rings. The molecule has 1 atom stereocenters. The second-order valence-corrected chi connectivity index (χ2v) is 4.41. The Morgan fingerprint density at radius 2 is 1.50 bits per heavy atom. The summed E-state index contributed by atoms with van der Waals surface area (Å²) < 4.78 is 26.4. The maximum absolute atomic E-state index is 13.2. The molecule has 0 heterocycles. The van der Waals surface area contributed by atoms with Crippen molar-refractivity contribution in [1.29, 1.82) is 0 Å². The van der Waals surface area contributed by atoms with E-state index >= 15 is 0 Å². The van der Waals surface area contributed by atoms with E-state index in [4.69, 9.17) is 11.6 Å². The normalized spacial score (nSPS) is 12.4. The zero-order chi connectivity index (χ0) is 13.1. The highest BCUT2D eigenvalue weighted by Crippen LogP contribution is 2.24. The fraction of sp³-hybridized carbons (Fsp3) is 0.143. The highest BCUT2D eigenvalue weighted by atomic mass is 35.5. The van der Waals surface area contributed by atoms with E-state index in [-0.39, 0.29) is 6.04 Å². The van der Waals surface area contributed by atoms with Gasteiger partial charge in [0.05, 0.1) is 6.04 Å². The quantitative estimate of drug-likeness (QED) is 0.889. The van der Waals surface area contributed by atoms with Crippen LogP contribution in [0, 0.1) is 11.6 Å². The van der Waals surface area contributed by atoms with Gasteiger partial charge in [-0.2, -0.15) is 0 Å². The average Bonchev–Trinajstić information content (AvgIpc) is 2.31. The predicted octanol–water partition coefficient (Wildman–Crippen LogP) is 3.93. The van der Waals surface area contributed by atoms with E-state index in [1.165, 1.54) is 12.1 Å². The number of benzene rings is 2. The zero-order valence-corrected chi connectivity index (χ0v) is 10.5. The third kappa shape index (κ3) is 2.86. The van der Waals surface area contributed by atoms with Crippen molar-refractivity contribution in [1.82, 2.24) is 5.32 Å². The first-order chi connectivity index (χ1) is 8.60. The van der Waals surface area contributed by atoms with Crippen molar-refractivity contribution in [2.24, 2.45) is 0 Å². The Hall–Kier alpha value is -1.45. The first-order valence-corrected chi connectivity index (χ1v) is 5.86. The van der Waals surface area contributed by atoms with Crippen LogP contribution < -0.4 is 5.32 Å². The second kappa shape index (κ2) is 5.46. The number of rotatable bonds is 3. The summed E-state index contributed by atoms with van der Waals surface area (Å²) in [5, 5.41) is 3.66. The monoisotopic (exact) mass is 267 g/mol. The Balaban J connectivity index is 2.41. The molecule has 0 radical (unpaired) electrons. The lowest BCUT2D eigenvalue weighted by atomic mass is 9.99. The molecule has 94 valence electrons. The van der Waals surface area contributed by atoms with Crippen molar-refractivity contribution in [3.8, 4) is 0 Å². The summed E-state index contributed by atoms with van der Waals surface area (Å²) in [5.74, 6) is -1.17. The number of nitrogens with one attached hydrogen (secondary N) is 1. The molecule has 0 spiro atoms. The summed E-state index contributed by atoms with van der Waals surface area (Å²) in [6.07, 6.45) is 0. The number of halogens is 3. The van der Waals surface area contributed by atoms with Gasteiger partial charge >= 0.3 is 0 Å². The van der Waals surface area contributed by atoms with Crippen LogP contribution in [0.2, 0.25) is 5.02 Å². The van der Waals surface area contributed by atoms with E-state index in [2.05, 4.69) is 5.32 Å². The second-order valence-electron chi connectivity index (χ2n) is 3.98. The minimum atomic E-state index is -0.584. The largest absolute Gasteiger partial charge is 0.309 e. The molecular formula is C14H12ClF2N. The maximum Gasteiger partial charge on any atom is 0.126 e. The van der Waals surface area contributed by atoms with Crippen molar-refractivity contribution >= 4 is 11.6 Å². The highest BCUT2D eigenvalue weighted by molar-refractivity contribution is 6.30. The lowest BCUT2D eigenvalue weighted by Gasteiger charge is -2.17. The lowest BCUT2D eigenvalue weighted by Crippen LogP contribution is -2.18. The van der Waals surface area contributed by atoms with Crippen molar-refractivity contribution in [2.45, 2.75) is 6.04 Å². The van der Waals surface area contributed by atoms with Crippen molar-refractivity contribution in [3.05, 3.63) is 70.2 Å². The van der Waals surface area contributed by atoms with Crippen LogP contribution in [0.5, 0.6) is 0 Å². The third-order valence-corrected chi connectivity index (χ3v) is 2.96. The third-order valence-electron chi connectivity index (χ3n) is 2.71. The molecule has 1 unspecified atom stereocenters. The Morgan fingerprint density at radius 1 is 0.944 bits per heavy atom. The summed E-state index contributed by atoms with van der Waals surface area (Å²) in [5.41, 5.74) is 1.43. The van der Waals surface area contributed by atoms with Crippen molar-refractivity contribution in [3.63, 3.8) is 0 Å². The maximum atomic E-state index is 13.2. The van der Waals surface area contributed by atoms with Crippen LogP contribution in [-0.4, -0.2) is 7.05 Å². The predicted molar refractivity (Wildman–Crippen MR) is 68.7 cm³/mol. The van der Waals surface area contributed by atoms with Gasteiger partial charge in [-0.25, -0.2) is 8.78 Å². The summed E-state index contributed by atoms with van der Waals surface area (Å²) in [6, 6.07) is 10.4. The fourth-order valence-electron chi connectivity index (χ4n) is 1.92. The summed E-state index contributed by atoms with van der Waals surface area (Å²) in [7, 11) is 1.74. The van der Waals surface area contributed by atoms with Crippen molar-refractivity contribution < 1.29 is 8.78 Å². The molecule has 0 bridgehead atoms. The molecule has 4 heteroatoms. The van der Waals surface area contributed by atoms with E-state index in [0.29, 0.717) is 10.6 Å². The smallest absolute Gasteiger partial charge is 0.126 e. The Morgan fingerprint density at radius 3 is 2.00 bits per heavy atom. The van der Waals surface area contributed by atoms with Crippen LogP contribution in [0.25, 0.3) is 0 Å². The molecule has 0 saturated carbocycles. The van der Waals surface area contributed by atoms with E-state index in [1.807, 2.05) is 12.1 Å². The topological polar surface area (TPSA) is 12.0 Å². The molecule has 0 aliphatic rings. The molecular weight excluding hydrogens is 256 g/mol. The number of hydrogen-bond acceptors (Lipinski definition) is 1. The molecule has 0 amide bonds. The lowest BCUT2D eigenvalue weighted by molar-refractivity contribution is 0.571. The van der Waals surface area contributed by atoms with Crippen LogP contribution in [0.1, 0.15) is 17.2 Å². The van der Waals surface area contributed by atoms with Gasteiger partial charge in [0, 0.05) is 11.1 Å². The first-order valence-electron chi connectivity index (χ1n) is 5.49. The van der Waals surface area contributed by atoms with Gasteiger partial charge < -0.3 is 5.32 Å². The van der Waals surface area contributed by atoms with Crippen LogP contribution >= 0.6 is 11.6 Å². The average molecular weight is 268 g/mol. The van der Waals surface area contributed by atoms with Gasteiger partial charge in [-0.3, -0.25) is 0 Å². The molecule has 0 aromatic heterocycles. The van der Waals surface area contributed by atoms with Gasteiger partial charge in [-0.15, -0.1) is 0 Å². The summed E-state index contributed by atoms with van der Waals surface area (Å²) in [6.45, 7) is 0. The molecule has 1 nitrogen and oxygen atoms in total. The molecule has 2 aromatic carbocycles. The Kier molecular flexibility index (Phi) is 3.94. The van der Waals surface area contributed by atoms with Gasteiger partial charge in [-0.1, -0.05) is 23.7 Å². The SMILES string of the molecule is CNC(c1ccc(Cl)cc1)c1cc(F)cc(F)c1. The Labute approximate surface area is 109 Å². The summed E-state index contributed by atoms with van der Waals surface area (Å²) >= 11 is 5.82. The van der Waals surface area contributed by atoms with Crippen molar-refractivity contribution in [2.75, 3.05) is 7.05 Å². The van der Waals surface area contributed by atoms with Crippen LogP contribution in [-0.2, 0) is 0 Å². The van der Waals surface area contributed by atoms with Gasteiger partial charge in [0.1, 0.15) is 11.6 Å². The molecule has 18 heavy (non-hydrogen) atoms.